The van der Waals surface area contributed by atoms with Gasteiger partial charge in [0.25, 0.3) is 0 Å². The lowest BCUT2D eigenvalue weighted by atomic mass is 9.38. The van der Waals surface area contributed by atoms with E-state index in [1.807, 2.05) is 12.4 Å². The van der Waals surface area contributed by atoms with E-state index in [9.17, 15) is 9.50 Å². The minimum absolute atomic E-state index is 0.0253. The molecule has 0 saturated heterocycles. The molecule has 1 unspecified atom stereocenters. The third kappa shape index (κ3) is 2.72. The number of hydrogen-bond acceptors (Lipinski definition) is 2. The number of nitrogens with zero attached hydrogens (tertiary/aromatic N) is 2. The largest absolute Gasteiger partial charge is 0.389 e. The molecule has 0 amide bonds. The van der Waals surface area contributed by atoms with E-state index in [0.717, 1.165) is 55.6 Å². The number of rotatable bonds is 4. The number of hydrogen-bond donors (Lipinski definition) is 1. The number of aromatic nitrogens is 2. The molecule has 2 aliphatic carbocycles. The fourth-order valence-corrected chi connectivity index (χ4v) is 7.02. The van der Waals surface area contributed by atoms with Crippen LogP contribution in [0.15, 0.2) is 66.5 Å². The molecule has 3 aliphatic rings. The summed E-state index contributed by atoms with van der Waals surface area (Å²) >= 11 is 0. The third-order valence-corrected chi connectivity index (χ3v) is 8.68. The predicted octanol–water partition coefficient (Wildman–Crippen LogP) is 5.89. The maximum absolute atomic E-state index is 13.4. The number of aryl methyl sites for hydroxylation is 1. The van der Waals surface area contributed by atoms with Crippen LogP contribution in [-0.4, -0.2) is 20.3 Å². The molecule has 2 saturated carbocycles. The SMILES string of the molecule is CC1[C@]23Cn4cnc(-c5ccc(F)cc5)c4C=C2CCC[C@@H]3[C@]1(O)CCc1ccccc1. The van der Waals surface area contributed by atoms with Crippen molar-refractivity contribution in [3.8, 4) is 11.3 Å². The number of halogens is 1. The average molecular weight is 429 g/mol. The Labute approximate surface area is 188 Å². The van der Waals surface area contributed by atoms with E-state index in [0.29, 0.717) is 5.92 Å². The third-order valence-electron chi connectivity index (χ3n) is 8.68. The fraction of sp³-hybridized carbons (Fsp3) is 0.393. The summed E-state index contributed by atoms with van der Waals surface area (Å²) in [6.45, 7) is 3.13. The first-order valence-electron chi connectivity index (χ1n) is 11.8. The number of fused-ring (bicyclic) bond motifs is 1. The Hall–Kier alpha value is -2.72. The average Bonchev–Trinajstić information content (AvgIpc) is 3.24. The maximum atomic E-state index is 13.4. The van der Waals surface area contributed by atoms with Crippen molar-refractivity contribution in [1.82, 2.24) is 9.55 Å². The molecule has 3 nitrogen and oxygen atoms in total. The van der Waals surface area contributed by atoms with Crippen LogP contribution < -0.4 is 0 Å². The van der Waals surface area contributed by atoms with Gasteiger partial charge < -0.3 is 9.67 Å². The molecule has 4 heteroatoms. The number of allylic oxidation sites excluding steroid dienone is 1. The first kappa shape index (κ1) is 19.9. The number of benzene rings is 2. The van der Waals surface area contributed by atoms with Gasteiger partial charge in [0, 0.05) is 17.5 Å². The predicted molar refractivity (Wildman–Crippen MR) is 124 cm³/mol. The first-order valence-corrected chi connectivity index (χ1v) is 11.8. The highest BCUT2D eigenvalue weighted by atomic mass is 19.1. The van der Waals surface area contributed by atoms with Gasteiger partial charge in [0.05, 0.1) is 23.3 Å². The Morgan fingerprint density at radius 3 is 2.69 bits per heavy atom. The molecule has 4 atom stereocenters. The van der Waals surface area contributed by atoms with Crippen molar-refractivity contribution in [3.63, 3.8) is 0 Å². The molecule has 2 aromatic carbocycles. The van der Waals surface area contributed by atoms with Crippen LogP contribution in [0.3, 0.4) is 0 Å². The summed E-state index contributed by atoms with van der Waals surface area (Å²) < 4.78 is 15.7. The summed E-state index contributed by atoms with van der Waals surface area (Å²) in [4.78, 5) is 4.71. The lowest BCUT2D eigenvalue weighted by Gasteiger charge is -2.69. The number of aliphatic hydroxyl groups is 1. The summed E-state index contributed by atoms with van der Waals surface area (Å²) in [6, 6.07) is 17.1. The second-order valence-electron chi connectivity index (χ2n) is 9.97. The van der Waals surface area contributed by atoms with Crippen LogP contribution in [0.1, 0.15) is 43.9 Å². The molecular formula is C28H29FN2O. The molecule has 1 spiro atoms. The van der Waals surface area contributed by atoms with Gasteiger partial charge in [-0.3, -0.25) is 0 Å². The molecule has 32 heavy (non-hydrogen) atoms. The van der Waals surface area contributed by atoms with Crippen molar-refractivity contribution in [2.45, 2.75) is 51.2 Å². The molecular weight excluding hydrogens is 399 g/mol. The van der Waals surface area contributed by atoms with E-state index >= 15 is 0 Å². The molecule has 164 valence electrons. The standard InChI is InChI=1S/C28H29FN2O/c1-19-27-17-31-18-30-26(21-10-12-23(29)13-11-21)24(31)16-22(27)8-5-9-25(27)28(19,32)15-14-20-6-3-2-4-7-20/h2-4,6-7,10-13,16,18-19,25,32H,5,8-9,14-15,17H2,1H3/t19?,25-,27+,28-/m0/s1. The van der Waals surface area contributed by atoms with Crippen LogP contribution >= 0.6 is 0 Å². The number of imidazole rings is 1. The van der Waals surface area contributed by atoms with Gasteiger partial charge in [-0.05, 0) is 79.8 Å². The van der Waals surface area contributed by atoms with Crippen LogP contribution in [0.4, 0.5) is 4.39 Å². The summed E-state index contributed by atoms with van der Waals surface area (Å²) in [5, 5.41) is 11.8. The van der Waals surface area contributed by atoms with E-state index in [1.165, 1.54) is 23.3 Å². The molecule has 1 aliphatic heterocycles. The smallest absolute Gasteiger partial charge is 0.123 e. The highest BCUT2D eigenvalue weighted by Crippen LogP contribution is 2.69. The van der Waals surface area contributed by atoms with Gasteiger partial charge in [-0.2, -0.15) is 0 Å². The summed E-state index contributed by atoms with van der Waals surface area (Å²) in [7, 11) is 0. The van der Waals surface area contributed by atoms with Crippen LogP contribution in [0, 0.1) is 23.1 Å². The second-order valence-corrected chi connectivity index (χ2v) is 9.97. The van der Waals surface area contributed by atoms with Crippen LogP contribution in [0.25, 0.3) is 17.3 Å². The van der Waals surface area contributed by atoms with Crippen molar-refractivity contribution < 1.29 is 9.50 Å². The molecule has 0 radical (unpaired) electrons. The Kier molecular flexibility index (Phi) is 4.45. The van der Waals surface area contributed by atoms with Gasteiger partial charge in [-0.25, -0.2) is 9.37 Å². The zero-order valence-corrected chi connectivity index (χ0v) is 18.5. The van der Waals surface area contributed by atoms with Crippen molar-refractivity contribution in [3.05, 3.63) is 83.6 Å². The van der Waals surface area contributed by atoms with Gasteiger partial charge in [0.1, 0.15) is 5.82 Å². The van der Waals surface area contributed by atoms with E-state index in [-0.39, 0.29) is 17.2 Å². The summed E-state index contributed by atoms with van der Waals surface area (Å²) in [5.74, 6) is 0.269. The minimum Gasteiger partial charge on any atom is -0.389 e. The zero-order chi connectivity index (χ0) is 21.9. The van der Waals surface area contributed by atoms with Crippen molar-refractivity contribution >= 4 is 6.08 Å². The van der Waals surface area contributed by atoms with Gasteiger partial charge in [-0.15, -0.1) is 0 Å². The fourth-order valence-electron chi connectivity index (χ4n) is 7.02. The highest BCUT2D eigenvalue weighted by molar-refractivity contribution is 5.73. The normalized spacial score (nSPS) is 30.5. The topological polar surface area (TPSA) is 38.0 Å². The molecule has 2 fully saturated rings. The van der Waals surface area contributed by atoms with Crippen molar-refractivity contribution in [2.24, 2.45) is 17.3 Å². The van der Waals surface area contributed by atoms with Gasteiger partial charge >= 0.3 is 0 Å². The zero-order valence-electron chi connectivity index (χ0n) is 18.5. The molecule has 6 rings (SSSR count). The quantitative estimate of drug-likeness (QED) is 0.563. The summed E-state index contributed by atoms with van der Waals surface area (Å²) in [6.07, 6.45) is 9.28. The van der Waals surface area contributed by atoms with E-state index in [1.54, 1.807) is 12.1 Å². The van der Waals surface area contributed by atoms with Crippen LogP contribution in [-0.2, 0) is 13.0 Å². The monoisotopic (exact) mass is 428 g/mol. The lowest BCUT2D eigenvalue weighted by molar-refractivity contribution is -0.251. The Bertz CT molecular complexity index is 1180. The summed E-state index contributed by atoms with van der Waals surface area (Å²) in [5.41, 5.74) is 5.16. The lowest BCUT2D eigenvalue weighted by Crippen LogP contribution is -2.71. The van der Waals surface area contributed by atoms with Gasteiger partial charge in [0.15, 0.2) is 0 Å². The Morgan fingerprint density at radius 1 is 1.12 bits per heavy atom. The Balaban J connectivity index is 1.32. The van der Waals surface area contributed by atoms with E-state index < -0.39 is 5.60 Å². The van der Waals surface area contributed by atoms with Crippen molar-refractivity contribution in [2.75, 3.05) is 0 Å². The minimum atomic E-state index is -0.618. The van der Waals surface area contributed by atoms with Crippen LogP contribution in [0.5, 0.6) is 0 Å². The second kappa shape index (κ2) is 7.14. The molecule has 2 heterocycles. The highest BCUT2D eigenvalue weighted by Gasteiger charge is 2.70. The van der Waals surface area contributed by atoms with Gasteiger partial charge in [-0.1, -0.05) is 42.8 Å². The molecule has 0 bridgehead atoms. The van der Waals surface area contributed by atoms with E-state index in [2.05, 4.69) is 41.8 Å². The van der Waals surface area contributed by atoms with E-state index in [4.69, 9.17) is 4.98 Å². The maximum Gasteiger partial charge on any atom is 0.123 e. The van der Waals surface area contributed by atoms with Crippen molar-refractivity contribution in [1.29, 1.82) is 0 Å². The first-order chi connectivity index (χ1) is 15.5. The molecule has 1 N–H and O–H groups in total. The Morgan fingerprint density at radius 2 is 1.91 bits per heavy atom. The molecule has 3 aromatic rings. The van der Waals surface area contributed by atoms with Crippen LogP contribution in [0.2, 0.25) is 0 Å². The van der Waals surface area contributed by atoms with Gasteiger partial charge in [0.2, 0.25) is 0 Å². The molecule has 1 aromatic heterocycles.